The highest BCUT2D eigenvalue weighted by atomic mass is 16.1. The van der Waals surface area contributed by atoms with Crippen LogP contribution in [-0.2, 0) is 0 Å². The molecule has 2 N–H and O–H groups in total. The van der Waals surface area contributed by atoms with Gasteiger partial charge in [0, 0.05) is 12.2 Å². The number of nitrogens with one attached hydrogen (secondary N) is 2. The molecule has 4 nitrogen and oxygen atoms in total. The molecule has 0 aliphatic carbocycles. The summed E-state index contributed by atoms with van der Waals surface area (Å²) in [4.78, 5) is 16.4. The minimum Gasteiger partial charge on any atom is -0.384 e. The molecule has 1 heterocycles. The van der Waals surface area contributed by atoms with Crippen LogP contribution >= 0.6 is 0 Å². The molecule has 0 radical (unpaired) electrons. The molecule has 21 heavy (non-hydrogen) atoms. The van der Waals surface area contributed by atoms with Crippen LogP contribution in [0.5, 0.6) is 0 Å². The van der Waals surface area contributed by atoms with E-state index in [4.69, 9.17) is 0 Å². The standard InChI is InChI=1S/C17H21N3O/c1-4-10-18-14-8-9-16(19-11-14)17(21)20-15-7-5-6-12(2)13(15)3/h5-9,11,18H,4,10H2,1-3H3,(H,20,21). The van der Waals surface area contributed by atoms with Crippen LogP contribution in [0.15, 0.2) is 36.5 Å². The van der Waals surface area contributed by atoms with Gasteiger partial charge in [0.05, 0.1) is 11.9 Å². The molecule has 0 aliphatic heterocycles. The summed E-state index contributed by atoms with van der Waals surface area (Å²) >= 11 is 0. The molecule has 4 heteroatoms. The summed E-state index contributed by atoms with van der Waals surface area (Å²) in [5, 5.41) is 6.14. The highest BCUT2D eigenvalue weighted by Crippen LogP contribution is 2.18. The predicted molar refractivity (Wildman–Crippen MR) is 86.9 cm³/mol. The first-order valence-corrected chi connectivity index (χ1v) is 7.19. The van der Waals surface area contributed by atoms with Gasteiger partial charge in [-0.3, -0.25) is 4.79 Å². The second-order valence-electron chi connectivity index (χ2n) is 5.06. The molecule has 0 fully saturated rings. The number of anilines is 2. The van der Waals surface area contributed by atoms with Crippen LogP contribution in [0.25, 0.3) is 0 Å². The lowest BCUT2D eigenvalue weighted by atomic mass is 10.1. The minimum absolute atomic E-state index is 0.189. The number of amides is 1. The zero-order chi connectivity index (χ0) is 15.2. The van der Waals surface area contributed by atoms with Gasteiger partial charge in [-0.2, -0.15) is 0 Å². The topological polar surface area (TPSA) is 54.0 Å². The Kier molecular flexibility index (Phi) is 4.93. The monoisotopic (exact) mass is 283 g/mol. The third kappa shape index (κ3) is 3.81. The van der Waals surface area contributed by atoms with Gasteiger partial charge >= 0.3 is 0 Å². The number of carbonyl (C=O) groups is 1. The van der Waals surface area contributed by atoms with Crippen molar-refractivity contribution >= 4 is 17.3 Å². The zero-order valence-corrected chi connectivity index (χ0v) is 12.7. The molecule has 110 valence electrons. The number of hydrogen-bond donors (Lipinski definition) is 2. The Bertz CT molecular complexity index is 620. The Morgan fingerprint density at radius 3 is 2.67 bits per heavy atom. The van der Waals surface area contributed by atoms with Crippen molar-refractivity contribution in [2.75, 3.05) is 17.2 Å². The second-order valence-corrected chi connectivity index (χ2v) is 5.06. The maximum atomic E-state index is 12.2. The molecular weight excluding hydrogens is 262 g/mol. The quantitative estimate of drug-likeness (QED) is 0.878. The molecule has 2 rings (SSSR count). The van der Waals surface area contributed by atoms with E-state index in [1.165, 1.54) is 0 Å². The predicted octanol–water partition coefficient (Wildman–Crippen LogP) is 3.77. The fourth-order valence-corrected chi connectivity index (χ4v) is 1.97. The third-order valence-corrected chi connectivity index (χ3v) is 3.43. The molecule has 0 unspecified atom stereocenters. The number of aryl methyl sites for hydroxylation is 1. The molecule has 2 aromatic rings. The van der Waals surface area contributed by atoms with Gasteiger partial charge in [-0.15, -0.1) is 0 Å². The number of nitrogens with zero attached hydrogens (tertiary/aromatic N) is 1. The smallest absolute Gasteiger partial charge is 0.274 e. The molecule has 0 saturated carbocycles. The van der Waals surface area contributed by atoms with Crippen LogP contribution in [0.4, 0.5) is 11.4 Å². The van der Waals surface area contributed by atoms with Crippen LogP contribution in [0, 0.1) is 13.8 Å². The molecule has 1 amide bonds. The van der Waals surface area contributed by atoms with Gasteiger partial charge in [-0.05, 0) is 49.6 Å². The summed E-state index contributed by atoms with van der Waals surface area (Å²) in [6.07, 6.45) is 2.74. The second kappa shape index (κ2) is 6.88. The molecule has 1 aromatic heterocycles. The number of aromatic nitrogens is 1. The molecule has 0 atom stereocenters. The number of carbonyl (C=O) groups excluding carboxylic acids is 1. The van der Waals surface area contributed by atoms with Crippen LogP contribution < -0.4 is 10.6 Å². The first-order valence-electron chi connectivity index (χ1n) is 7.19. The maximum Gasteiger partial charge on any atom is 0.274 e. The highest BCUT2D eigenvalue weighted by molar-refractivity contribution is 6.03. The Balaban J connectivity index is 2.08. The summed E-state index contributed by atoms with van der Waals surface area (Å²) < 4.78 is 0. The first kappa shape index (κ1) is 15.0. The van der Waals surface area contributed by atoms with E-state index in [0.717, 1.165) is 35.5 Å². The van der Waals surface area contributed by atoms with E-state index in [-0.39, 0.29) is 5.91 Å². The summed E-state index contributed by atoms with van der Waals surface area (Å²) in [6, 6.07) is 9.47. The fraction of sp³-hybridized carbons (Fsp3) is 0.294. The normalized spacial score (nSPS) is 10.2. The number of pyridine rings is 1. The fourth-order valence-electron chi connectivity index (χ4n) is 1.97. The van der Waals surface area contributed by atoms with Crippen molar-refractivity contribution in [3.05, 3.63) is 53.3 Å². The number of benzene rings is 1. The molecule has 0 spiro atoms. The van der Waals surface area contributed by atoms with Crippen molar-refractivity contribution in [2.45, 2.75) is 27.2 Å². The molecule has 0 saturated heterocycles. The SMILES string of the molecule is CCCNc1ccc(C(=O)Nc2cccc(C)c2C)nc1. The van der Waals surface area contributed by atoms with E-state index in [1.54, 1.807) is 12.3 Å². The first-order chi connectivity index (χ1) is 10.1. The molecule has 1 aromatic carbocycles. The van der Waals surface area contributed by atoms with E-state index in [0.29, 0.717) is 5.69 Å². The summed E-state index contributed by atoms with van der Waals surface area (Å²) in [5.41, 5.74) is 4.40. The van der Waals surface area contributed by atoms with E-state index in [2.05, 4.69) is 22.5 Å². The van der Waals surface area contributed by atoms with Gasteiger partial charge in [0.1, 0.15) is 5.69 Å². The average molecular weight is 283 g/mol. The van der Waals surface area contributed by atoms with Crippen molar-refractivity contribution in [3.8, 4) is 0 Å². The Morgan fingerprint density at radius 1 is 1.19 bits per heavy atom. The van der Waals surface area contributed by atoms with Crippen molar-refractivity contribution in [2.24, 2.45) is 0 Å². The zero-order valence-electron chi connectivity index (χ0n) is 12.7. The van der Waals surface area contributed by atoms with Gasteiger partial charge in [0.25, 0.3) is 5.91 Å². The Morgan fingerprint density at radius 2 is 2.00 bits per heavy atom. The lowest BCUT2D eigenvalue weighted by Gasteiger charge is -2.10. The summed E-state index contributed by atoms with van der Waals surface area (Å²) in [5.74, 6) is -0.189. The van der Waals surface area contributed by atoms with Crippen LogP contribution in [0.3, 0.4) is 0 Å². The largest absolute Gasteiger partial charge is 0.384 e. The summed E-state index contributed by atoms with van der Waals surface area (Å²) in [7, 11) is 0. The average Bonchev–Trinajstić information content (AvgIpc) is 2.50. The third-order valence-electron chi connectivity index (χ3n) is 3.43. The van der Waals surface area contributed by atoms with Gasteiger partial charge in [-0.1, -0.05) is 19.1 Å². The van der Waals surface area contributed by atoms with Crippen molar-refractivity contribution in [1.29, 1.82) is 0 Å². The lowest BCUT2D eigenvalue weighted by Crippen LogP contribution is -2.14. The molecular formula is C17H21N3O. The summed E-state index contributed by atoms with van der Waals surface area (Å²) in [6.45, 7) is 7.02. The number of rotatable bonds is 5. The van der Waals surface area contributed by atoms with Crippen molar-refractivity contribution in [1.82, 2.24) is 4.98 Å². The van der Waals surface area contributed by atoms with Crippen LogP contribution in [-0.4, -0.2) is 17.4 Å². The Labute approximate surface area is 125 Å². The highest BCUT2D eigenvalue weighted by Gasteiger charge is 2.09. The molecule has 0 bridgehead atoms. The minimum atomic E-state index is -0.189. The maximum absolute atomic E-state index is 12.2. The lowest BCUT2D eigenvalue weighted by molar-refractivity contribution is 0.102. The van der Waals surface area contributed by atoms with Crippen LogP contribution in [0.1, 0.15) is 35.0 Å². The Hall–Kier alpha value is -2.36. The van der Waals surface area contributed by atoms with E-state index in [9.17, 15) is 4.79 Å². The molecule has 0 aliphatic rings. The van der Waals surface area contributed by atoms with E-state index < -0.39 is 0 Å². The van der Waals surface area contributed by atoms with Gasteiger partial charge in [0.2, 0.25) is 0 Å². The van der Waals surface area contributed by atoms with Gasteiger partial charge in [0.15, 0.2) is 0 Å². The van der Waals surface area contributed by atoms with Gasteiger partial charge < -0.3 is 10.6 Å². The van der Waals surface area contributed by atoms with Gasteiger partial charge in [-0.25, -0.2) is 4.98 Å². The van der Waals surface area contributed by atoms with Crippen molar-refractivity contribution < 1.29 is 4.79 Å². The van der Waals surface area contributed by atoms with E-state index in [1.807, 2.05) is 38.1 Å². The van der Waals surface area contributed by atoms with E-state index >= 15 is 0 Å². The van der Waals surface area contributed by atoms with Crippen molar-refractivity contribution in [3.63, 3.8) is 0 Å². The number of hydrogen-bond acceptors (Lipinski definition) is 3. The van der Waals surface area contributed by atoms with Crippen LogP contribution in [0.2, 0.25) is 0 Å².